The Hall–Kier alpha value is -3.60. The summed E-state index contributed by atoms with van der Waals surface area (Å²) >= 11 is 0. The first-order chi connectivity index (χ1) is 18.1. The van der Waals surface area contributed by atoms with E-state index in [4.69, 9.17) is 4.98 Å². The summed E-state index contributed by atoms with van der Waals surface area (Å²) in [6.07, 6.45) is 10.1. The van der Waals surface area contributed by atoms with Crippen molar-refractivity contribution in [3.8, 4) is 11.1 Å². The van der Waals surface area contributed by atoms with Crippen LogP contribution in [-0.2, 0) is 0 Å². The molecule has 2 aromatic carbocycles. The van der Waals surface area contributed by atoms with Crippen LogP contribution in [0.3, 0.4) is 0 Å². The molecule has 0 saturated carbocycles. The minimum Gasteiger partial charge on any atom is -0.309 e. The number of allylic oxidation sites excluding steroid dienone is 5. The molecule has 1 N–H and O–H groups in total. The summed E-state index contributed by atoms with van der Waals surface area (Å²) in [5.41, 5.74) is 9.95. The van der Waals surface area contributed by atoms with Gasteiger partial charge in [0.25, 0.3) is 0 Å². The minimum atomic E-state index is -0.298. The van der Waals surface area contributed by atoms with Gasteiger partial charge in [0.2, 0.25) is 5.95 Å². The van der Waals surface area contributed by atoms with E-state index in [2.05, 4.69) is 95.0 Å². The van der Waals surface area contributed by atoms with Crippen LogP contribution in [0.15, 0.2) is 70.1 Å². The van der Waals surface area contributed by atoms with Crippen molar-refractivity contribution in [2.24, 2.45) is 10.9 Å². The number of nitrogens with one attached hydrogen (secondary N) is 1. The lowest BCUT2D eigenvalue weighted by molar-refractivity contribution is 0.630. The van der Waals surface area contributed by atoms with E-state index in [9.17, 15) is 4.39 Å². The number of aliphatic imine (C=N–C) groups is 1. The smallest absolute Gasteiger partial charge is 0.228 e. The summed E-state index contributed by atoms with van der Waals surface area (Å²) in [5.74, 6) is 1.43. The molecule has 2 heterocycles. The molecule has 0 fully saturated rings. The van der Waals surface area contributed by atoms with Crippen molar-refractivity contribution in [1.29, 1.82) is 0 Å². The molecule has 0 aliphatic carbocycles. The molecule has 0 spiro atoms. The van der Waals surface area contributed by atoms with Gasteiger partial charge < -0.3 is 5.32 Å². The van der Waals surface area contributed by atoms with E-state index in [0.717, 1.165) is 35.1 Å². The van der Waals surface area contributed by atoms with Gasteiger partial charge in [0.05, 0.1) is 5.52 Å². The molecule has 5 heteroatoms. The van der Waals surface area contributed by atoms with E-state index in [1.54, 1.807) is 12.3 Å². The van der Waals surface area contributed by atoms with Gasteiger partial charge >= 0.3 is 0 Å². The Kier molecular flexibility index (Phi) is 8.25. The van der Waals surface area contributed by atoms with Crippen LogP contribution in [0.25, 0.3) is 22.0 Å². The number of aryl methyl sites for hydroxylation is 2. The predicted octanol–water partition coefficient (Wildman–Crippen LogP) is 9.21. The number of halogens is 1. The van der Waals surface area contributed by atoms with E-state index in [0.29, 0.717) is 28.6 Å². The van der Waals surface area contributed by atoms with E-state index in [1.807, 2.05) is 6.21 Å². The zero-order chi connectivity index (χ0) is 27.6. The Morgan fingerprint density at radius 1 is 1.08 bits per heavy atom. The van der Waals surface area contributed by atoms with E-state index >= 15 is 0 Å². The quantitative estimate of drug-likeness (QED) is 0.322. The van der Waals surface area contributed by atoms with Gasteiger partial charge in [-0.2, -0.15) is 0 Å². The van der Waals surface area contributed by atoms with Gasteiger partial charge in [-0.1, -0.05) is 57.0 Å². The molecule has 4 nitrogen and oxygen atoms in total. The number of aromatic nitrogens is 2. The summed E-state index contributed by atoms with van der Waals surface area (Å²) in [6, 6.07) is 7.52. The number of hydrogen-bond acceptors (Lipinski definition) is 4. The lowest BCUT2D eigenvalue weighted by Gasteiger charge is -2.19. The van der Waals surface area contributed by atoms with Gasteiger partial charge in [-0.05, 0) is 92.5 Å². The minimum absolute atomic E-state index is 0.252. The van der Waals surface area contributed by atoms with Gasteiger partial charge in [0.1, 0.15) is 11.6 Å². The van der Waals surface area contributed by atoms with Crippen LogP contribution in [-0.4, -0.2) is 16.2 Å². The van der Waals surface area contributed by atoms with Crippen LogP contribution in [0.4, 0.5) is 10.3 Å². The Morgan fingerprint density at radius 2 is 1.79 bits per heavy atom. The zero-order valence-electron chi connectivity index (χ0n) is 23.9. The van der Waals surface area contributed by atoms with Gasteiger partial charge in [-0.15, -0.1) is 0 Å². The summed E-state index contributed by atoms with van der Waals surface area (Å²) in [4.78, 5) is 13.9. The van der Waals surface area contributed by atoms with Crippen LogP contribution in [0, 0.1) is 25.6 Å². The normalized spacial score (nSPS) is 18.0. The number of rotatable bonds is 7. The highest BCUT2D eigenvalue weighted by atomic mass is 19.1. The molecule has 2 atom stereocenters. The fourth-order valence-corrected chi connectivity index (χ4v) is 5.20. The molecular formula is C33H39FN4. The fourth-order valence-electron chi connectivity index (χ4n) is 5.20. The van der Waals surface area contributed by atoms with Crippen molar-refractivity contribution in [1.82, 2.24) is 9.97 Å². The summed E-state index contributed by atoms with van der Waals surface area (Å²) in [7, 11) is 0. The molecule has 0 amide bonds. The van der Waals surface area contributed by atoms with Crippen molar-refractivity contribution in [3.63, 3.8) is 0 Å². The van der Waals surface area contributed by atoms with E-state index in [1.165, 1.54) is 28.3 Å². The van der Waals surface area contributed by atoms with Crippen molar-refractivity contribution in [2.75, 3.05) is 5.32 Å². The molecule has 38 heavy (non-hydrogen) atoms. The SMILES string of the molecule is CC/C(C)=C\C(C)c1cc(C)c(-c2cc(F)cc3cnc(NC4=CC(C)/C(=C(\C)CC)C=N4)nc23)c(C)c1. The van der Waals surface area contributed by atoms with Crippen molar-refractivity contribution in [3.05, 3.63) is 87.7 Å². The molecule has 198 valence electrons. The van der Waals surface area contributed by atoms with Crippen molar-refractivity contribution >= 4 is 23.1 Å². The molecule has 1 aliphatic heterocycles. The topological polar surface area (TPSA) is 50.2 Å². The number of hydrogen-bond donors (Lipinski definition) is 1. The predicted molar refractivity (Wildman–Crippen MR) is 159 cm³/mol. The fraction of sp³-hybridized carbons (Fsp3) is 0.364. The molecule has 2 unspecified atom stereocenters. The third-order valence-corrected chi connectivity index (χ3v) is 7.59. The third-order valence-electron chi connectivity index (χ3n) is 7.59. The largest absolute Gasteiger partial charge is 0.309 e. The van der Waals surface area contributed by atoms with Crippen molar-refractivity contribution in [2.45, 2.75) is 74.1 Å². The van der Waals surface area contributed by atoms with Crippen LogP contribution in [0.1, 0.15) is 77.0 Å². The van der Waals surface area contributed by atoms with Crippen LogP contribution in [0.5, 0.6) is 0 Å². The molecular weight excluding hydrogens is 471 g/mol. The monoisotopic (exact) mass is 510 g/mol. The Morgan fingerprint density at radius 3 is 2.42 bits per heavy atom. The average Bonchev–Trinajstić information content (AvgIpc) is 2.88. The molecule has 0 radical (unpaired) electrons. The number of benzene rings is 2. The number of anilines is 1. The Labute approximate surface area is 226 Å². The molecule has 1 aliphatic rings. The van der Waals surface area contributed by atoms with Gasteiger partial charge in [0, 0.05) is 29.3 Å². The van der Waals surface area contributed by atoms with Gasteiger partial charge in [0.15, 0.2) is 0 Å². The van der Waals surface area contributed by atoms with Gasteiger partial charge in [-0.3, -0.25) is 0 Å². The highest BCUT2D eigenvalue weighted by Gasteiger charge is 2.18. The second-order valence-electron chi connectivity index (χ2n) is 10.6. The second-order valence-corrected chi connectivity index (χ2v) is 10.6. The first kappa shape index (κ1) is 27.4. The average molecular weight is 511 g/mol. The third kappa shape index (κ3) is 5.77. The Bertz CT molecular complexity index is 1470. The first-order valence-corrected chi connectivity index (χ1v) is 13.6. The number of fused-ring (bicyclic) bond motifs is 1. The van der Waals surface area contributed by atoms with Crippen LogP contribution in [0.2, 0.25) is 0 Å². The maximum absolute atomic E-state index is 14.8. The maximum Gasteiger partial charge on any atom is 0.228 e. The molecule has 1 aromatic heterocycles. The summed E-state index contributed by atoms with van der Waals surface area (Å²) < 4.78 is 14.8. The molecule has 3 aromatic rings. The van der Waals surface area contributed by atoms with Gasteiger partial charge in [-0.25, -0.2) is 19.4 Å². The zero-order valence-corrected chi connectivity index (χ0v) is 23.9. The highest BCUT2D eigenvalue weighted by molar-refractivity contribution is 5.95. The van der Waals surface area contributed by atoms with Crippen LogP contribution < -0.4 is 5.32 Å². The maximum atomic E-state index is 14.8. The number of nitrogens with zero attached hydrogens (tertiary/aromatic N) is 3. The lowest BCUT2D eigenvalue weighted by atomic mass is 9.88. The summed E-state index contributed by atoms with van der Waals surface area (Å²) in [6.45, 7) is 17.2. The molecule has 0 bridgehead atoms. The first-order valence-electron chi connectivity index (χ1n) is 13.6. The Balaban J connectivity index is 1.74. The van der Waals surface area contributed by atoms with Crippen molar-refractivity contribution < 1.29 is 4.39 Å². The lowest BCUT2D eigenvalue weighted by Crippen LogP contribution is -2.11. The highest BCUT2D eigenvalue weighted by Crippen LogP contribution is 2.36. The molecule has 4 rings (SSSR count). The summed E-state index contributed by atoms with van der Waals surface area (Å²) in [5, 5.41) is 3.94. The second kappa shape index (κ2) is 11.4. The van der Waals surface area contributed by atoms with Crippen LogP contribution >= 0.6 is 0 Å². The standard InChI is InChI=1S/C33H39FN4/c1-9-19(3)11-21(5)25-12-23(7)31(24(8)13-25)28-16-27(34)15-26-17-36-33(38-32(26)28)37-30-14-22(6)29(18-35-30)20(4)10-2/h11-18,21-22H,9-10H2,1-8H3,(H,36,37,38)/b19-11-,29-20+. The van der Waals surface area contributed by atoms with E-state index < -0.39 is 0 Å². The van der Waals surface area contributed by atoms with E-state index in [-0.39, 0.29) is 11.7 Å². The molecule has 0 saturated heterocycles.